The molecular formula is C15H19N3. The van der Waals surface area contributed by atoms with Crippen molar-refractivity contribution in [3.63, 3.8) is 0 Å². The lowest BCUT2D eigenvalue weighted by molar-refractivity contribution is 0.408. The van der Waals surface area contributed by atoms with Crippen molar-refractivity contribution >= 4 is 11.0 Å². The van der Waals surface area contributed by atoms with Crippen LogP contribution < -0.4 is 5.73 Å². The van der Waals surface area contributed by atoms with Gasteiger partial charge in [0.1, 0.15) is 5.82 Å². The molecule has 3 atom stereocenters. The zero-order valence-electron chi connectivity index (χ0n) is 10.5. The van der Waals surface area contributed by atoms with Gasteiger partial charge in [0.05, 0.1) is 11.0 Å². The first-order valence-corrected chi connectivity index (χ1v) is 7.02. The molecule has 3 N–H and O–H groups in total. The molecule has 4 rings (SSSR count). The van der Waals surface area contributed by atoms with Gasteiger partial charge in [-0.15, -0.1) is 0 Å². The third-order valence-electron chi connectivity index (χ3n) is 4.92. The fourth-order valence-corrected chi connectivity index (χ4v) is 4.03. The van der Waals surface area contributed by atoms with E-state index in [0.29, 0.717) is 12.5 Å². The van der Waals surface area contributed by atoms with Crippen LogP contribution in [0.25, 0.3) is 11.0 Å². The Morgan fingerprint density at radius 3 is 2.94 bits per heavy atom. The van der Waals surface area contributed by atoms with E-state index in [9.17, 15) is 0 Å². The number of hydrogen-bond donors (Lipinski definition) is 2. The summed E-state index contributed by atoms with van der Waals surface area (Å²) in [5.41, 5.74) is 9.17. The minimum atomic E-state index is 0.568. The first-order chi connectivity index (χ1) is 8.85. The zero-order valence-corrected chi connectivity index (χ0v) is 10.5. The molecule has 0 saturated heterocycles. The number of benzene rings is 1. The van der Waals surface area contributed by atoms with E-state index in [-0.39, 0.29) is 0 Å². The van der Waals surface area contributed by atoms with Gasteiger partial charge >= 0.3 is 0 Å². The molecule has 2 aliphatic carbocycles. The number of imidazole rings is 1. The Bertz CT molecular complexity index is 586. The van der Waals surface area contributed by atoms with E-state index < -0.39 is 0 Å². The van der Waals surface area contributed by atoms with Crippen LogP contribution in [-0.4, -0.2) is 9.97 Å². The summed E-state index contributed by atoms with van der Waals surface area (Å²) in [7, 11) is 0. The van der Waals surface area contributed by atoms with Crippen LogP contribution in [0.5, 0.6) is 0 Å². The Morgan fingerprint density at radius 2 is 2.22 bits per heavy atom. The van der Waals surface area contributed by atoms with Crippen molar-refractivity contribution < 1.29 is 0 Å². The average Bonchev–Trinajstić information content (AvgIpc) is 3.11. The van der Waals surface area contributed by atoms with Gasteiger partial charge in [0, 0.05) is 12.5 Å². The Hall–Kier alpha value is -1.35. The number of nitrogens with zero attached hydrogens (tertiary/aromatic N) is 1. The lowest BCUT2D eigenvalue weighted by Crippen LogP contribution is -2.09. The summed E-state index contributed by atoms with van der Waals surface area (Å²) >= 11 is 0. The molecule has 18 heavy (non-hydrogen) atoms. The van der Waals surface area contributed by atoms with Crippen molar-refractivity contribution in [3.8, 4) is 0 Å². The highest BCUT2D eigenvalue weighted by atomic mass is 14.9. The van der Waals surface area contributed by atoms with Crippen LogP contribution in [-0.2, 0) is 6.54 Å². The average molecular weight is 241 g/mol. The molecule has 1 aromatic heterocycles. The molecule has 0 aliphatic heterocycles. The fraction of sp³-hybridized carbons (Fsp3) is 0.533. The number of nitrogens with two attached hydrogens (primary N) is 1. The van der Waals surface area contributed by atoms with Crippen LogP contribution >= 0.6 is 0 Å². The third kappa shape index (κ3) is 1.43. The number of H-pyrrole nitrogens is 1. The Labute approximate surface area is 107 Å². The number of rotatable bonds is 2. The number of para-hydroxylation sites is 1. The Balaban J connectivity index is 1.77. The van der Waals surface area contributed by atoms with Gasteiger partial charge in [0.15, 0.2) is 0 Å². The van der Waals surface area contributed by atoms with E-state index >= 15 is 0 Å². The van der Waals surface area contributed by atoms with E-state index in [1.165, 1.54) is 31.5 Å². The Kier molecular flexibility index (Phi) is 2.24. The second-order valence-electron chi connectivity index (χ2n) is 5.92. The molecule has 3 unspecified atom stereocenters. The van der Waals surface area contributed by atoms with Gasteiger partial charge in [0.25, 0.3) is 0 Å². The molecule has 2 fully saturated rings. The number of aromatic nitrogens is 2. The number of aromatic amines is 1. The highest BCUT2D eigenvalue weighted by Crippen LogP contribution is 2.52. The molecule has 94 valence electrons. The van der Waals surface area contributed by atoms with Crippen molar-refractivity contribution in [3.05, 3.63) is 29.6 Å². The SMILES string of the molecule is NCc1cccc2[nH]c(C3CC4CCC3C4)nc12. The standard InChI is InChI=1S/C15H19N3/c16-8-11-2-1-3-13-14(11)18-15(17-13)12-7-9-4-5-10(12)6-9/h1-3,9-10,12H,4-8,16H2,(H,17,18). The van der Waals surface area contributed by atoms with Gasteiger partial charge in [-0.3, -0.25) is 0 Å². The van der Waals surface area contributed by atoms with E-state index in [0.717, 1.165) is 28.4 Å². The van der Waals surface area contributed by atoms with E-state index in [4.69, 9.17) is 10.7 Å². The number of hydrogen-bond acceptors (Lipinski definition) is 2. The van der Waals surface area contributed by atoms with Gasteiger partial charge in [-0.2, -0.15) is 0 Å². The maximum atomic E-state index is 5.79. The molecule has 2 aliphatic rings. The van der Waals surface area contributed by atoms with Crippen molar-refractivity contribution in [2.45, 2.75) is 38.1 Å². The van der Waals surface area contributed by atoms with E-state index in [1.807, 2.05) is 0 Å². The monoisotopic (exact) mass is 241 g/mol. The van der Waals surface area contributed by atoms with Crippen molar-refractivity contribution in [2.75, 3.05) is 0 Å². The molecule has 0 spiro atoms. The summed E-state index contributed by atoms with van der Waals surface area (Å²) in [5.74, 6) is 3.71. The third-order valence-corrected chi connectivity index (χ3v) is 4.92. The maximum absolute atomic E-state index is 5.79. The van der Waals surface area contributed by atoms with Crippen LogP contribution in [0.15, 0.2) is 18.2 Å². The molecule has 1 heterocycles. The lowest BCUT2D eigenvalue weighted by Gasteiger charge is -2.19. The predicted octanol–water partition coefficient (Wildman–Crippen LogP) is 2.93. The molecule has 2 aromatic rings. The van der Waals surface area contributed by atoms with Crippen LogP contribution in [0.4, 0.5) is 0 Å². The topological polar surface area (TPSA) is 54.7 Å². The first-order valence-electron chi connectivity index (χ1n) is 7.02. The molecule has 3 heteroatoms. The molecule has 1 aromatic carbocycles. The van der Waals surface area contributed by atoms with E-state index in [1.54, 1.807) is 0 Å². The van der Waals surface area contributed by atoms with Gasteiger partial charge in [-0.25, -0.2) is 4.98 Å². The predicted molar refractivity (Wildman–Crippen MR) is 72.2 cm³/mol. The fourth-order valence-electron chi connectivity index (χ4n) is 4.03. The summed E-state index contributed by atoms with van der Waals surface area (Å²) in [6, 6.07) is 6.25. The normalized spacial score (nSPS) is 30.4. The zero-order chi connectivity index (χ0) is 12.1. The molecule has 2 saturated carbocycles. The highest BCUT2D eigenvalue weighted by Gasteiger charge is 2.41. The second-order valence-corrected chi connectivity index (χ2v) is 5.92. The molecule has 0 radical (unpaired) electrons. The minimum Gasteiger partial charge on any atom is -0.342 e. The molecular weight excluding hydrogens is 222 g/mol. The van der Waals surface area contributed by atoms with E-state index in [2.05, 4.69) is 23.2 Å². The van der Waals surface area contributed by atoms with Crippen LogP contribution in [0.1, 0.15) is 43.0 Å². The summed E-state index contributed by atoms with van der Waals surface area (Å²) in [4.78, 5) is 8.38. The van der Waals surface area contributed by atoms with Crippen molar-refractivity contribution in [1.29, 1.82) is 0 Å². The quantitative estimate of drug-likeness (QED) is 0.849. The minimum absolute atomic E-state index is 0.568. The summed E-state index contributed by atoms with van der Waals surface area (Å²) in [6.07, 6.45) is 5.60. The van der Waals surface area contributed by atoms with Crippen LogP contribution in [0, 0.1) is 11.8 Å². The number of fused-ring (bicyclic) bond motifs is 3. The van der Waals surface area contributed by atoms with Crippen molar-refractivity contribution in [2.24, 2.45) is 17.6 Å². The van der Waals surface area contributed by atoms with Crippen LogP contribution in [0.3, 0.4) is 0 Å². The second kappa shape index (κ2) is 3.82. The largest absolute Gasteiger partial charge is 0.342 e. The van der Waals surface area contributed by atoms with Gasteiger partial charge in [0.2, 0.25) is 0 Å². The lowest BCUT2D eigenvalue weighted by atomic mass is 9.88. The summed E-state index contributed by atoms with van der Waals surface area (Å²) in [6.45, 7) is 0.568. The van der Waals surface area contributed by atoms with Crippen molar-refractivity contribution in [1.82, 2.24) is 9.97 Å². The Morgan fingerprint density at radius 1 is 1.28 bits per heavy atom. The smallest absolute Gasteiger partial charge is 0.110 e. The van der Waals surface area contributed by atoms with Gasteiger partial charge in [-0.05, 0) is 42.7 Å². The first kappa shape index (κ1) is 10.6. The van der Waals surface area contributed by atoms with Crippen LogP contribution in [0.2, 0.25) is 0 Å². The number of nitrogens with one attached hydrogen (secondary N) is 1. The maximum Gasteiger partial charge on any atom is 0.110 e. The van der Waals surface area contributed by atoms with Gasteiger partial charge < -0.3 is 10.7 Å². The summed E-state index contributed by atoms with van der Waals surface area (Å²) < 4.78 is 0. The molecule has 0 amide bonds. The summed E-state index contributed by atoms with van der Waals surface area (Å²) in [5, 5.41) is 0. The van der Waals surface area contributed by atoms with Gasteiger partial charge in [-0.1, -0.05) is 18.6 Å². The molecule has 3 nitrogen and oxygen atoms in total. The highest BCUT2D eigenvalue weighted by molar-refractivity contribution is 5.78. The molecule has 2 bridgehead atoms.